The molecule has 0 aliphatic heterocycles. The second kappa shape index (κ2) is 11.5. The summed E-state index contributed by atoms with van der Waals surface area (Å²) >= 11 is 0. The SMILES string of the molecule is Cc1cc(C2CC(CCN[C@H](C)c3cccc4ccccc34)Cc3ccccc32)cc(C(=O)O)c1C.Cl. The number of fused-ring (bicyclic) bond motifs is 2. The first-order chi connectivity index (χ1) is 17.4. The molecule has 4 heteroatoms. The maximum Gasteiger partial charge on any atom is 0.335 e. The van der Waals surface area contributed by atoms with Crippen molar-refractivity contribution in [2.75, 3.05) is 6.54 Å². The number of halogens is 1. The summed E-state index contributed by atoms with van der Waals surface area (Å²) in [4.78, 5) is 11.9. The average Bonchev–Trinajstić information content (AvgIpc) is 2.89. The van der Waals surface area contributed by atoms with E-state index in [1.54, 1.807) is 0 Å². The molecular formula is C33H36ClNO2. The monoisotopic (exact) mass is 513 g/mol. The molecule has 2 N–H and O–H groups in total. The second-order valence-electron chi connectivity index (χ2n) is 10.4. The molecular weight excluding hydrogens is 478 g/mol. The molecule has 4 aromatic rings. The molecule has 0 bridgehead atoms. The zero-order valence-corrected chi connectivity index (χ0v) is 22.6. The highest BCUT2D eigenvalue weighted by Crippen LogP contribution is 2.41. The van der Waals surface area contributed by atoms with Gasteiger partial charge in [-0.05, 0) is 103 Å². The number of benzene rings is 4. The molecule has 0 saturated carbocycles. The van der Waals surface area contributed by atoms with E-state index in [2.05, 4.69) is 85.0 Å². The molecule has 2 unspecified atom stereocenters. The lowest BCUT2D eigenvalue weighted by Gasteiger charge is -2.33. The Morgan fingerprint density at radius 2 is 1.73 bits per heavy atom. The summed E-state index contributed by atoms with van der Waals surface area (Å²) in [5.41, 5.74) is 7.56. The number of nitrogens with one attached hydrogen (secondary N) is 1. The highest BCUT2D eigenvalue weighted by molar-refractivity contribution is 5.90. The van der Waals surface area contributed by atoms with Crippen LogP contribution in [0.1, 0.15) is 75.5 Å². The number of rotatable bonds is 7. The summed E-state index contributed by atoms with van der Waals surface area (Å²) in [5, 5.41) is 16.2. The van der Waals surface area contributed by atoms with Crippen LogP contribution >= 0.6 is 12.4 Å². The van der Waals surface area contributed by atoms with Crippen molar-refractivity contribution < 1.29 is 9.90 Å². The Kier molecular flexibility index (Phi) is 8.36. The third-order valence-corrected chi connectivity index (χ3v) is 8.12. The standard InChI is InChI=1S/C33H35NO2.ClH/c1-21-17-27(20-31(22(21)2)33(35)36)32-19-24(18-26-10-5-7-13-30(26)32)15-16-34-23(3)28-14-8-11-25-9-4-6-12-29(25)28;/h4-14,17,20,23-24,32,34H,15-16,18-19H2,1-3H3,(H,35,36);1H/t23-,24?,32?;/m1./s1. The first-order valence-corrected chi connectivity index (χ1v) is 13.1. The number of aromatic carboxylic acids is 1. The van der Waals surface area contributed by atoms with Gasteiger partial charge >= 0.3 is 5.97 Å². The van der Waals surface area contributed by atoms with Gasteiger partial charge in [-0.25, -0.2) is 4.79 Å². The van der Waals surface area contributed by atoms with Crippen molar-refractivity contribution in [3.8, 4) is 0 Å². The fourth-order valence-corrected chi connectivity index (χ4v) is 6.00. The van der Waals surface area contributed by atoms with Crippen molar-refractivity contribution in [3.63, 3.8) is 0 Å². The van der Waals surface area contributed by atoms with Crippen molar-refractivity contribution >= 4 is 29.1 Å². The lowest BCUT2D eigenvalue weighted by atomic mass is 9.72. The zero-order chi connectivity index (χ0) is 25.2. The van der Waals surface area contributed by atoms with Crippen LogP contribution in [0.25, 0.3) is 10.8 Å². The number of aryl methyl sites for hydroxylation is 1. The Balaban J connectivity index is 0.00000320. The van der Waals surface area contributed by atoms with E-state index in [0.29, 0.717) is 11.5 Å². The van der Waals surface area contributed by atoms with E-state index in [1.165, 1.54) is 27.5 Å². The number of carbonyl (C=O) groups is 1. The zero-order valence-electron chi connectivity index (χ0n) is 21.8. The predicted molar refractivity (Wildman–Crippen MR) is 155 cm³/mol. The minimum absolute atomic E-state index is 0. The van der Waals surface area contributed by atoms with E-state index in [4.69, 9.17) is 0 Å². The van der Waals surface area contributed by atoms with E-state index < -0.39 is 5.97 Å². The lowest BCUT2D eigenvalue weighted by Crippen LogP contribution is -2.26. The molecule has 0 heterocycles. The molecule has 1 aliphatic rings. The first-order valence-electron chi connectivity index (χ1n) is 13.1. The van der Waals surface area contributed by atoms with Gasteiger partial charge < -0.3 is 10.4 Å². The summed E-state index contributed by atoms with van der Waals surface area (Å²) in [7, 11) is 0. The maximum absolute atomic E-state index is 11.9. The largest absolute Gasteiger partial charge is 0.478 e. The Morgan fingerprint density at radius 3 is 2.54 bits per heavy atom. The Bertz CT molecular complexity index is 1410. The number of carboxylic acid groups (broad SMARTS) is 1. The quantitative estimate of drug-likeness (QED) is 0.263. The Hall–Kier alpha value is -3.14. The molecule has 37 heavy (non-hydrogen) atoms. The number of carboxylic acids is 1. The predicted octanol–water partition coefficient (Wildman–Crippen LogP) is 8.01. The Labute approximate surface area is 226 Å². The summed E-state index contributed by atoms with van der Waals surface area (Å²) in [6, 6.07) is 28.2. The molecule has 4 aromatic carbocycles. The van der Waals surface area contributed by atoms with Crippen LogP contribution in [0.2, 0.25) is 0 Å². The van der Waals surface area contributed by atoms with Crippen LogP contribution in [0.3, 0.4) is 0 Å². The van der Waals surface area contributed by atoms with E-state index in [1.807, 2.05) is 19.9 Å². The van der Waals surface area contributed by atoms with Gasteiger partial charge in [-0.15, -0.1) is 12.4 Å². The van der Waals surface area contributed by atoms with Gasteiger partial charge in [-0.1, -0.05) is 72.8 Å². The van der Waals surface area contributed by atoms with Crippen LogP contribution in [0.15, 0.2) is 78.9 Å². The molecule has 0 aromatic heterocycles. The lowest BCUT2D eigenvalue weighted by molar-refractivity contribution is 0.0696. The van der Waals surface area contributed by atoms with E-state index in [0.717, 1.165) is 42.5 Å². The number of hydrogen-bond donors (Lipinski definition) is 2. The van der Waals surface area contributed by atoms with Crippen LogP contribution in [-0.4, -0.2) is 17.6 Å². The fourth-order valence-electron chi connectivity index (χ4n) is 6.00. The highest BCUT2D eigenvalue weighted by atomic mass is 35.5. The molecule has 3 nitrogen and oxygen atoms in total. The third kappa shape index (κ3) is 5.58. The second-order valence-corrected chi connectivity index (χ2v) is 10.4. The maximum atomic E-state index is 11.9. The minimum atomic E-state index is -0.843. The summed E-state index contributed by atoms with van der Waals surface area (Å²) in [6.07, 6.45) is 3.22. The van der Waals surface area contributed by atoms with Gasteiger partial charge in [0.1, 0.15) is 0 Å². The van der Waals surface area contributed by atoms with Gasteiger partial charge in [0, 0.05) is 12.0 Å². The van der Waals surface area contributed by atoms with Crippen LogP contribution < -0.4 is 5.32 Å². The summed E-state index contributed by atoms with van der Waals surface area (Å²) in [5.74, 6) is -0.0652. The van der Waals surface area contributed by atoms with Gasteiger partial charge in [-0.2, -0.15) is 0 Å². The molecule has 0 saturated heterocycles. The van der Waals surface area contributed by atoms with Crippen molar-refractivity contribution in [2.45, 2.75) is 52.0 Å². The van der Waals surface area contributed by atoms with Gasteiger partial charge in [0.15, 0.2) is 0 Å². The topological polar surface area (TPSA) is 49.3 Å². The first kappa shape index (κ1) is 26.9. The van der Waals surface area contributed by atoms with E-state index in [-0.39, 0.29) is 24.4 Å². The van der Waals surface area contributed by atoms with Crippen molar-refractivity contribution in [1.29, 1.82) is 0 Å². The average molecular weight is 514 g/mol. The molecule has 0 radical (unpaired) electrons. The molecule has 5 rings (SSSR count). The molecule has 0 amide bonds. The van der Waals surface area contributed by atoms with Crippen LogP contribution in [0.4, 0.5) is 0 Å². The van der Waals surface area contributed by atoms with E-state index >= 15 is 0 Å². The van der Waals surface area contributed by atoms with Crippen LogP contribution in [0, 0.1) is 19.8 Å². The van der Waals surface area contributed by atoms with Gasteiger partial charge in [0.25, 0.3) is 0 Å². The summed E-state index contributed by atoms with van der Waals surface area (Å²) in [6.45, 7) is 7.14. The molecule has 192 valence electrons. The normalized spacial score (nSPS) is 17.6. The highest BCUT2D eigenvalue weighted by Gasteiger charge is 2.29. The third-order valence-electron chi connectivity index (χ3n) is 8.12. The van der Waals surface area contributed by atoms with Gasteiger partial charge in [0.05, 0.1) is 5.56 Å². The van der Waals surface area contributed by atoms with Crippen LogP contribution in [-0.2, 0) is 6.42 Å². The fraction of sp³-hybridized carbons (Fsp3) is 0.303. The van der Waals surface area contributed by atoms with E-state index in [9.17, 15) is 9.90 Å². The summed E-state index contributed by atoms with van der Waals surface area (Å²) < 4.78 is 0. The molecule has 1 aliphatic carbocycles. The van der Waals surface area contributed by atoms with Crippen LogP contribution in [0.5, 0.6) is 0 Å². The van der Waals surface area contributed by atoms with Crippen molar-refractivity contribution in [2.24, 2.45) is 5.92 Å². The smallest absolute Gasteiger partial charge is 0.335 e. The van der Waals surface area contributed by atoms with Gasteiger partial charge in [0.2, 0.25) is 0 Å². The molecule has 3 atom stereocenters. The van der Waals surface area contributed by atoms with Gasteiger partial charge in [-0.3, -0.25) is 0 Å². The number of hydrogen-bond acceptors (Lipinski definition) is 2. The Morgan fingerprint density at radius 1 is 1.00 bits per heavy atom. The molecule has 0 fully saturated rings. The van der Waals surface area contributed by atoms with Crippen molar-refractivity contribution in [1.82, 2.24) is 5.32 Å². The molecule has 0 spiro atoms. The van der Waals surface area contributed by atoms with Crippen molar-refractivity contribution in [3.05, 3.63) is 118 Å². The minimum Gasteiger partial charge on any atom is -0.478 e.